The fourth-order valence-electron chi connectivity index (χ4n) is 6.45. The number of hydrogen-bond acceptors (Lipinski definition) is 2. The minimum atomic E-state index is 0.390. The quantitative estimate of drug-likeness (QED) is 0.0428. The Hall–Kier alpha value is -1.14. The van der Waals surface area contributed by atoms with Gasteiger partial charge in [0.05, 0.1) is 0 Å². The molecule has 2 unspecified atom stereocenters. The summed E-state index contributed by atoms with van der Waals surface area (Å²) in [7, 11) is 0. The normalized spacial score (nSPS) is 12.7. The molecule has 0 bridgehead atoms. The minimum absolute atomic E-state index is 0.390. The van der Waals surface area contributed by atoms with Crippen molar-refractivity contribution < 1.29 is 9.13 Å². The highest BCUT2D eigenvalue weighted by molar-refractivity contribution is 9.09. The Labute approximate surface area is 314 Å². The van der Waals surface area contributed by atoms with Gasteiger partial charge in [-0.3, -0.25) is 0 Å². The topological polar surface area (TPSA) is 31.8 Å². The van der Waals surface area contributed by atoms with Crippen LogP contribution in [0.3, 0.4) is 0 Å². The van der Waals surface area contributed by atoms with Gasteiger partial charge in [0.25, 0.3) is 0 Å². The standard InChI is InChI=1S/C42H72Br2N4/c1-3-5-7-9-11-17-21-25-33-45-39-29-35-47(36-30-39)41(43)27-23-19-15-13-14-16-20-24-28-42(44)48-37-31-40(32-38-48)46-34-26-22-18-12-10-8-6-4-2/h29-32,35-38,41-42H,3-28,33-34H2,1-2H3/p+2. The zero-order chi connectivity index (χ0) is 34.3. The van der Waals surface area contributed by atoms with Crippen LogP contribution in [-0.4, -0.2) is 13.1 Å². The SMILES string of the molecule is CCCCCCCCCCNc1cc[n+](C(Br)CCCCCCCCCCC(Br)[n+]2ccc(NCCCCCCCCCC)cc2)cc1. The molecule has 0 spiro atoms. The van der Waals surface area contributed by atoms with Crippen LogP contribution >= 0.6 is 31.9 Å². The number of unbranched alkanes of at least 4 members (excludes halogenated alkanes) is 21. The van der Waals surface area contributed by atoms with Gasteiger partial charge < -0.3 is 10.6 Å². The Bertz CT molecular complexity index is 889. The van der Waals surface area contributed by atoms with Crippen LogP contribution in [0.5, 0.6) is 0 Å². The van der Waals surface area contributed by atoms with Crippen LogP contribution in [-0.2, 0) is 0 Å². The maximum absolute atomic E-state index is 3.92. The van der Waals surface area contributed by atoms with E-state index in [-0.39, 0.29) is 0 Å². The average molecular weight is 795 g/mol. The second-order valence-corrected chi connectivity index (χ2v) is 16.3. The number of nitrogens with zero attached hydrogens (tertiary/aromatic N) is 2. The average Bonchev–Trinajstić information content (AvgIpc) is 3.11. The Morgan fingerprint density at radius 3 is 1.00 bits per heavy atom. The number of pyridine rings is 2. The Kier molecular flexibility index (Phi) is 27.5. The Morgan fingerprint density at radius 1 is 0.417 bits per heavy atom. The minimum Gasteiger partial charge on any atom is -0.385 e. The molecule has 2 aromatic rings. The molecule has 4 nitrogen and oxygen atoms in total. The highest BCUT2D eigenvalue weighted by Gasteiger charge is 2.14. The molecule has 0 aliphatic heterocycles. The first-order chi connectivity index (χ1) is 23.6. The van der Waals surface area contributed by atoms with Crippen molar-refractivity contribution in [3.63, 3.8) is 0 Å². The molecular formula is C42H74Br2N4+2. The highest BCUT2D eigenvalue weighted by Crippen LogP contribution is 2.21. The van der Waals surface area contributed by atoms with E-state index in [2.05, 4.69) is 115 Å². The molecule has 0 radical (unpaired) electrons. The predicted octanol–water partition coefficient (Wildman–Crippen LogP) is 13.8. The third-order valence-corrected chi connectivity index (χ3v) is 11.6. The number of halogens is 2. The first-order valence-electron chi connectivity index (χ1n) is 20.4. The van der Waals surface area contributed by atoms with Gasteiger partial charge >= 0.3 is 0 Å². The number of hydrogen-bond donors (Lipinski definition) is 2. The molecule has 2 atom stereocenters. The predicted molar refractivity (Wildman–Crippen MR) is 218 cm³/mol. The number of nitrogens with one attached hydrogen (secondary N) is 2. The number of aromatic nitrogens is 2. The van der Waals surface area contributed by atoms with Crippen LogP contribution in [0.25, 0.3) is 0 Å². The van der Waals surface area contributed by atoms with Crippen molar-refractivity contribution in [3.8, 4) is 0 Å². The van der Waals surface area contributed by atoms with Gasteiger partial charge in [-0.1, -0.05) is 142 Å². The van der Waals surface area contributed by atoms with E-state index in [1.807, 2.05) is 0 Å². The lowest BCUT2D eigenvalue weighted by atomic mass is 10.1. The Balaban J connectivity index is 1.40. The summed E-state index contributed by atoms with van der Waals surface area (Å²) in [6.07, 6.45) is 44.0. The Morgan fingerprint density at radius 2 is 0.688 bits per heavy atom. The highest BCUT2D eigenvalue weighted by atomic mass is 79.9. The van der Waals surface area contributed by atoms with E-state index in [1.54, 1.807) is 0 Å². The fourth-order valence-corrected chi connectivity index (χ4v) is 7.65. The van der Waals surface area contributed by atoms with Gasteiger partial charge in [0, 0.05) is 61.6 Å². The molecule has 0 amide bonds. The zero-order valence-electron chi connectivity index (χ0n) is 31.2. The molecule has 2 rings (SSSR count). The molecule has 0 aliphatic rings. The monoisotopic (exact) mass is 792 g/mol. The van der Waals surface area contributed by atoms with Crippen molar-refractivity contribution >= 4 is 43.2 Å². The van der Waals surface area contributed by atoms with Crippen LogP contribution in [0, 0.1) is 0 Å². The summed E-state index contributed by atoms with van der Waals surface area (Å²) in [5.74, 6) is 0. The van der Waals surface area contributed by atoms with E-state index in [9.17, 15) is 0 Å². The van der Waals surface area contributed by atoms with Gasteiger partial charge in [-0.2, -0.15) is 9.13 Å². The molecule has 2 heterocycles. The number of rotatable bonds is 33. The van der Waals surface area contributed by atoms with E-state index >= 15 is 0 Å². The fraction of sp³-hybridized carbons (Fsp3) is 0.762. The number of anilines is 2. The summed E-state index contributed by atoms with van der Waals surface area (Å²) in [6, 6.07) is 8.90. The van der Waals surface area contributed by atoms with Gasteiger partial charge in [0.15, 0.2) is 24.8 Å². The van der Waals surface area contributed by atoms with Crippen LogP contribution in [0.2, 0.25) is 0 Å². The van der Waals surface area contributed by atoms with Crippen LogP contribution < -0.4 is 19.8 Å². The summed E-state index contributed by atoms with van der Waals surface area (Å²) >= 11 is 7.83. The lowest BCUT2D eigenvalue weighted by molar-refractivity contribution is -0.698. The van der Waals surface area contributed by atoms with E-state index in [4.69, 9.17) is 0 Å². The molecule has 48 heavy (non-hydrogen) atoms. The van der Waals surface area contributed by atoms with E-state index in [0.29, 0.717) is 9.90 Å². The van der Waals surface area contributed by atoms with Gasteiger partial charge in [0.1, 0.15) is 0 Å². The maximum Gasteiger partial charge on any atom is 0.211 e. The second kappa shape index (κ2) is 30.7. The molecule has 0 aromatic carbocycles. The van der Waals surface area contributed by atoms with Crippen molar-refractivity contribution in [2.75, 3.05) is 23.7 Å². The summed E-state index contributed by atoms with van der Waals surface area (Å²) in [6.45, 7) is 6.74. The van der Waals surface area contributed by atoms with Crippen LogP contribution in [0.4, 0.5) is 11.4 Å². The van der Waals surface area contributed by atoms with Gasteiger partial charge in [-0.25, -0.2) is 0 Å². The molecule has 0 saturated heterocycles. The molecular weight excluding hydrogens is 720 g/mol. The summed E-state index contributed by atoms with van der Waals surface area (Å²) in [5, 5.41) is 7.20. The first kappa shape index (κ1) is 43.0. The smallest absolute Gasteiger partial charge is 0.211 e. The molecule has 0 saturated carbocycles. The lowest BCUT2D eigenvalue weighted by Crippen LogP contribution is -2.35. The van der Waals surface area contributed by atoms with E-state index in [0.717, 1.165) is 13.1 Å². The van der Waals surface area contributed by atoms with Gasteiger partial charge in [-0.15, -0.1) is 0 Å². The van der Waals surface area contributed by atoms with E-state index in [1.165, 1.54) is 178 Å². The summed E-state index contributed by atoms with van der Waals surface area (Å²) in [4.78, 5) is 0.781. The molecule has 2 aromatic heterocycles. The molecule has 0 fully saturated rings. The lowest BCUT2D eigenvalue weighted by Gasteiger charge is -2.09. The molecule has 2 N–H and O–H groups in total. The van der Waals surface area contributed by atoms with Crippen molar-refractivity contribution in [1.29, 1.82) is 0 Å². The van der Waals surface area contributed by atoms with Crippen LogP contribution in [0.15, 0.2) is 49.1 Å². The second-order valence-electron chi connectivity index (χ2n) is 14.1. The third kappa shape index (κ3) is 22.6. The van der Waals surface area contributed by atoms with Gasteiger partial charge in [0.2, 0.25) is 9.90 Å². The molecule has 274 valence electrons. The molecule has 6 heteroatoms. The summed E-state index contributed by atoms with van der Waals surface area (Å²) in [5.41, 5.74) is 2.48. The third-order valence-electron chi connectivity index (χ3n) is 9.71. The van der Waals surface area contributed by atoms with E-state index < -0.39 is 0 Å². The van der Waals surface area contributed by atoms with Crippen molar-refractivity contribution in [1.82, 2.24) is 0 Å². The first-order valence-corrected chi connectivity index (χ1v) is 22.2. The van der Waals surface area contributed by atoms with Crippen molar-refractivity contribution in [3.05, 3.63) is 49.1 Å². The maximum atomic E-state index is 3.92. The van der Waals surface area contributed by atoms with Gasteiger partial charge in [-0.05, 0) is 57.5 Å². The number of alkyl halides is 2. The molecule has 0 aliphatic carbocycles. The van der Waals surface area contributed by atoms with Crippen LogP contribution in [0.1, 0.15) is 191 Å². The zero-order valence-corrected chi connectivity index (χ0v) is 34.4. The largest absolute Gasteiger partial charge is 0.385 e. The summed E-state index contributed by atoms with van der Waals surface area (Å²) < 4.78 is 4.61. The van der Waals surface area contributed by atoms with Crippen molar-refractivity contribution in [2.45, 2.75) is 191 Å². The van der Waals surface area contributed by atoms with Crippen molar-refractivity contribution in [2.24, 2.45) is 0 Å².